The maximum atomic E-state index is 11.3. The summed E-state index contributed by atoms with van der Waals surface area (Å²) in [5.41, 5.74) is 12.9. The van der Waals surface area contributed by atoms with Crippen LogP contribution in [0.3, 0.4) is 0 Å². The fraction of sp³-hybridized carbons (Fsp3) is 0. The van der Waals surface area contributed by atoms with Gasteiger partial charge in [0.15, 0.2) is 0 Å². The molecule has 0 aliphatic heterocycles. The van der Waals surface area contributed by atoms with Gasteiger partial charge in [-0.3, -0.25) is 4.79 Å². The van der Waals surface area contributed by atoms with Gasteiger partial charge in [-0.2, -0.15) is 0 Å². The minimum atomic E-state index is -0.661. The monoisotopic (exact) mass is 280 g/mol. The van der Waals surface area contributed by atoms with Crippen molar-refractivity contribution in [1.29, 1.82) is 0 Å². The number of nitrogens with two attached hydrogens (primary N) is 2. The second-order valence-corrected chi connectivity index (χ2v) is 4.54. The summed E-state index contributed by atoms with van der Waals surface area (Å²) >= 11 is 12.0. The van der Waals surface area contributed by atoms with Crippen LogP contribution in [-0.4, -0.2) is 5.91 Å². The second-order valence-electron chi connectivity index (χ2n) is 3.73. The lowest BCUT2D eigenvalue weighted by Gasteiger charge is -2.12. The fourth-order valence-electron chi connectivity index (χ4n) is 1.76. The van der Waals surface area contributed by atoms with Crippen LogP contribution < -0.4 is 11.5 Å². The molecule has 0 aromatic heterocycles. The molecule has 4 N–H and O–H groups in total. The van der Waals surface area contributed by atoms with Crippen molar-refractivity contribution in [3.05, 3.63) is 52.0 Å². The summed E-state index contributed by atoms with van der Waals surface area (Å²) in [6.07, 6.45) is 0. The van der Waals surface area contributed by atoms with Crippen LogP contribution in [0.1, 0.15) is 10.4 Å². The zero-order chi connectivity index (χ0) is 13.3. The van der Waals surface area contributed by atoms with Crippen LogP contribution >= 0.6 is 23.2 Å². The average Bonchev–Trinajstić information content (AvgIpc) is 2.30. The van der Waals surface area contributed by atoms with Crippen LogP contribution in [-0.2, 0) is 0 Å². The molecule has 2 rings (SSSR count). The number of hydrogen-bond donors (Lipinski definition) is 2. The highest BCUT2D eigenvalue weighted by molar-refractivity contribution is 6.35. The van der Waals surface area contributed by atoms with E-state index < -0.39 is 5.91 Å². The Morgan fingerprint density at radius 3 is 2.22 bits per heavy atom. The summed E-state index contributed by atoms with van der Waals surface area (Å²) in [7, 11) is 0. The van der Waals surface area contributed by atoms with Crippen LogP contribution in [0.5, 0.6) is 0 Å². The molecule has 0 atom stereocenters. The molecule has 0 saturated heterocycles. The van der Waals surface area contributed by atoms with Gasteiger partial charge in [0, 0.05) is 16.1 Å². The van der Waals surface area contributed by atoms with Crippen molar-refractivity contribution in [2.75, 3.05) is 5.73 Å². The van der Waals surface area contributed by atoms with Crippen LogP contribution in [0.15, 0.2) is 36.4 Å². The number of rotatable bonds is 2. The number of carbonyl (C=O) groups is 1. The molecule has 3 nitrogen and oxygen atoms in total. The molecule has 0 fully saturated rings. The Kier molecular flexibility index (Phi) is 3.45. The predicted octanol–water partition coefficient (Wildman–Crippen LogP) is 3.34. The van der Waals surface area contributed by atoms with E-state index in [1.807, 2.05) is 18.2 Å². The molecule has 0 aliphatic rings. The summed E-state index contributed by atoms with van der Waals surface area (Å²) in [4.78, 5) is 11.3. The van der Waals surface area contributed by atoms with E-state index in [-0.39, 0.29) is 16.3 Å². The third-order valence-electron chi connectivity index (χ3n) is 2.61. The van der Waals surface area contributed by atoms with Crippen molar-refractivity contribution >= 4 is 34.8 Å². The molecular weight excluding hydrogens is 271 g/mol. The van der Waals surface area contributed by atoms with Gasteiger partial charge in [-0.05, 0) is 12.1 Å². The van der Waals surface area contributed by atoms with Gasteiger partial charge in [0.05, 0.1) is 16.3 Å². The lowest BCUT2D eigenvalue weighted by molar-refractivity contribution is 0.100. The van der Waals surface area contributed by atoms with Gasteiger partial charge < -0.3 is 11.5 Å². The van der Waals surface area contributed by atoms with Crippen LogP contribution in [0.25, 0.3) is 11.1 Å². The van der Waals surface area contributed by atoms with E-state index in [9.17, 15) is 4.79 Å². The average molecular weight is 281 g/mol. The van der Waals surface area contributed by atoms with E-state index in [2.05, 4.69) is 0 Å². The van der Waals surface area contributed by atoms with Crippen molar-refractivity contribution in [3.63, 3.8) is 0 Å². The zero-order valence-corrected chi connectivity index (χ0v) is 10.8. The molecule has 18 heavy (non-hydrogen) atoms. The largest absolute Gasteiger partial charge is 0.398 e. The highest BCUT2D eigenvalue weighted by Gasteiger charge is 2.16. The van der Waals surface area contributed by atoms with E-state index in [1.165, 1.54) is 0 Å². The predicted molar refractivity (Wildman–Crippen MR) is 74.8 cm³/mol. The zero-order valence-electron chi connectivity index (χ0n) is 9.28. The third kappa shape index (κ3) is 2.15. The number of nitrogen functional groups attached to an aromatic ring is 1. The van der Waals surface area contributed by atoms with E-state index in [0.717, 1.165) is 5.56 Å². The number of benzene rings is 2. The molecule has 2 aromatic rings. The number of hydrogen-bond acceptors (Lipinski definition) is 2. The van der Waals surface area contributed by atoms with Crippen molar-refractivity contribution in [3.8, 4) is 11.1 Å². The Morgan fingerprint density at radius 2 is 1.61 bits per heavy atom. The minimum Gasteiger partial charge on any atom is -0.398 e. The van der Waals surface area contributed by atoms with E-state index in [1.54, 1.807) is 18.2 Å². The minimum absolute atomic E-state index is 0.120. The molecule has 0 spiro atoms. The summed E-state index contributed by atoms with van der Waals surface area (Å²) in [5, 5.41) is 0.776. The fourth-order valence-corrected chi connectivity index (χ4v) is 2.25. The lowest BCUT2D eigenvalue weighted by Crippen LogP contribution is -2.14. The number of amides is 1. The van der Waals surface area contributed by atoms with Crippen LogP contribution in [0.4, 0.5) is 5.69 Å². The van der Waals surface area contributed by atoms with Gasteiger partial charge in [-0.15, -0.1) is 0 Å². The summed E-state index contributed by atoms with van der Waals surface area (Å²) < 4.78 is 0. The van der Waals surface area contributed by atoms with Crippen LogP contribution in [0.2, 0.25) is 10.0 Å². The molecule has 0 heterocycles. The van der Waals surface area contributed by atoms with Gasteiger partial charge in [0.2, 0.25) is 0 Å². The third-order valence-corrected chi connectivity index (χ3v) is 3.25. The van der Waals surface area contributed by atoms with E-state index in [4.69, 9.17) is 34.7 Å². The lowest BCUT2D eigenvalue weighted by atomic mass is 10.00. The summed E-state index contributed by atoms with van der Waals surface area (Å²) in [6, 6.07) is 10.5. The molecule has 0 radical (unpaired) electrons. The molecule has 2 aromatic carbocycles. The van der Waals surface area contributed by atoms with Gasteiger partial charge in [0.1, 0.15) is 0 Å². The van der Waals surface area contributed by atoms with Crippen molar-refractivity contribution < 1.29 is 4.79 Å². The first kappa shape index (κ1) is 12.7. The van der Waals surface area contributed by atoms with Crippen LogP contribution in [0, 0.1) is 0 Å². The van der Waals surface area contributed by atoms with Gasteiger partial charge in [-0.25, -0.2) is 0 Å². The highest BCUT2D eigenvalue weighted by atomic mass is 35.5. The normalized spacial score (nSPS) is 10.3. The molecule has 0 saturated carbocycles. The summed E-state index contributed by atoms with van der Waals surface area (Å²) in [5.74, 6) is -0.661. The second kappa shape index (κ2) is 4.88. The Morgan fingerprint density at radius 1 is 0.944 bits per heavy atom. The number of anilines is 1. The molecular formula is C13H10Cl2N2O. The quantitative estimate of drug-likeness (QED) is 0.829. The maximum Gasteiger partial charge on any atom is 0.252 e. The molecule has 0 bridgehead atoms. The van der Waals surface area contributed by atoms with E-state index in [0.29, 0.717) is 10.6 Å². The van der Waals surface area contributed by atoms with Gasteiger partial charge in [0.25, 0.3) is 5.91 Å². The standard InChI is InChI=1S/C13H10Cl2N2O/c14-9-4-2-1-3-7(9)8-5-6-10(15)11(12(8)16)13(17)18/h1-6H,16H2,(H2,17,18). The smallest absolute Gasteiger partial charge is 0.252 e. The molecule has 5 heteroatoms. The molecule has 0 unspecified atom stereocenters. The van der Waals surface area contributed by atoms with E-state index >= 15 is 0 Å². The van der Waals surface area contributed by atoms with Crippen molar-refractivity contribution in [1.82, 2.24) is 0 Å². The SMILES string of the molecule is NC(=O)c1c(Cl)ccc(-c2ccccc2Cl)c1N. The topological polar surface area (TPSA) is 69.1 Å². The number of halogens is 2. The first-order chi connectivity index (χ1) is 8.52. The summed E-state index contributed by atoms with van der Waals surface area (Å²) in [6.45, 7) is 0. The Labute approximate surface area is 114 Å². The van der Waals surface area contributed by atoms with Gasteiger partial charge in [-0.1, -0.05) is 47.5 Å². The molecule has 0 aliphatic carbocycles. The number of primary amides is 1. The molecule has 1 amide bonds. The Bertz CT molecular complexity index is 626. The Hall–Kier alpha value is -1.71. The molecule has 92 valence electrons. The first-order valence-electron chi connectivity index (χ1n) is 5.15. The number of carbonyl (C=O) groups excluding carboxylic acids is 1. The van der Waals surface area contributed by atoms with Gasteiger partial charge >= 0.3 is 0 Å². The Balaban J connectivity index is 2.71. The van der Waals surface area contributed by atoms with Crippen molar-refractivity contribution in [2.24, 2.45) is 5.73 Å². The first-order valence-corrected chi connectivity index (χ1v) is 5.90. The maximum absolute atomic E-state index is 11.3. The highest BCUT2D eigenvalue weighted by Crippen LogP contribution is 2.36. The van der Waals surface area contributed by atoms with Crippen molar-refractivity contribution in [2.45, 2.75) is 0 Å².